The van der Waals surface area contributed by atoms with Gasteiger partial charge < -0.3 is 5.32 Å². The van der Waals surface area contributed by atoms with Gasteiger partial charge in [-0.05, 0) is 12.8 Å². The van der Waals surface area contributed by atoms with Gasteiger partial charge in [0.1, 0.15) is 0 Å². The lowest BCUT2D eigenvalue weighted by Gasteiger charge is -2.25. The molecule has 0 radical (unpaired) electrons. The van der Waals surface area contributed by atoms with E-state index in [2.05, 4.69) is 5.32 Å². The summed E-state index contributed by atoms with van der Waals surface area (Å²) in [6.07, 6.45) is 2.31. The van der Waals surface area contributed by atoms with Crippen LogP contribution in [0.2, 0.25) is 0 Å². The van der Waals surface area contributed by atoms with Crippen molar-refractivity contribution >= 4 is 11.8 Å². The first-order valence-electron chi connectivity index (χ1n) is 4.88. The van der Waals surface area contributed by atoms with Crippen LogP contribution in [0.1, 0.15) is 26.2 Å². The quantitative estimate of drug-likeness (QED) is 0.701. The van der Waals surface area contributed by atoms with Gasteiger partial charge in [-0.25, -0.2) is 5.06 Å². The molecule has 5 nitrogen and oxygen atoms in total. The van der Waals surface area contributed by atoms with E-state index in [1.807, 2.05) is 0 Å². The van der Waals surface area contributed by atoms with Gasteiger partial charge in [-0.3, -0.25) is 14.4 Å². The molecule has 80 valence electrons. The standard InChI is InChI=1S/C9H16N2O3/c1-8(12)10-5-4-9(13)11-6-2-3-7-14-11/h2-7H2,1H3,(H,10,12). The molecule has 0 aromatic heterocycles. The van der Waals surface area contributed by atoms with Gasteiger partial charge in [0.15, 0.2) is 0 Å². The van der Waals surface area contributed by atoms with Gasteiger partial charge in [0.05, 0.1) is 6.61 Å². The van der Waals surface area contributed by atoms with Gasteiger partial charge in [0.2, 0.25) is 11.8 Å². The normalized spacial score (nSPS) is 16.5. The molecule has 0 aliphatic carbocycles. The second-order valence-electron chi connectivity index (χ2n) is 3.27. The van der Waals surface area contributed by atoms with Crippen LogP contribution in [-0.2, 0) is 14.4 Å². The number of rotatable bonds is 3. The van der Waals surface area contributed by atoms with Crippen LogP contribution in [0.3, 0.4) is 0 Å². The maximum absolute atomic E-state index is 11.4. The molecular weight excluding hydrogens is 184 g/mol. The van der Waals surface area contributed by atoms with E-state index in [0.717, 1.165) is 12.8 Å². The van der Waals surface area contributed by atoms with Gasteiger partial charge in [0.25, 0.3) is 0 Å². The van der Waals surface area contributed by atoms with E-state index in [1.54, 1.807) is 0 Å². The molecule has 1 heterocycles. The Kier molecular flexibility index (Phi) is 4.39. The van der Waals surface area contributed by atoms with E-state index in [4.69, 9.17) is 4.84 Å². The third-order valence-electron chi connectivity index (χ3n) is 1.99. The molecule has 0 atom stereocenters. The fourth-order valence-electron chi connectivity index (χ4n) is 1.26. The van der Waals surface area contributed by atoms with Gasteiger partial charge in [-0.1, -0.05) is 0 Å². The molecule has 0 spiro atoms. The van der Waals surface area contributed by atoms with E-state index in [1.165, 1.54) is 12.0 Å². The lowest BCUT2D eigenvalue weighted by Crippen LogP contribution is -2.37. The summed E-state index contributed by atoms with van der Waals surface area (Å²) < 4.78 is 0. The van der Waals surface area contributed by atoms with E-state index >= 15 is 0 Å². The summed E-state index contributed by atoms with van der Waals surface area (Å²) in [5.41, 5.74) is 0. The average molecular weight is 200 g/mol. The molecule has 0 bridgehead atoms. The Morgan fingerprint density at radius 3 is 2.79 bits per heavy atom. The van der Waals surface area contributed by atoms with Crippen LogP contribution in [0.25, 0.3) is 0 Å². The Hall–Kier alpha value is -1.10. The van der Waals surface area contributed by atoms with Crippen LogP contribution >= 0.6 is 0 Å². The van der Waals surface area contributed by atoms with Crippen molar-refractivity contribution in [2.45, 2.75) is 26.2 Å². The fraction of sp³-hybridized carbons (Fsp3) is 0.778. The predicted molar refractivity (Wildman–Crippen MR) is 50.2 cm³/mol. The van der Waals surface area contributed by atoms with Crippen LogP contribution in [-0.4, -0.2) is 36.6 Å². The zero-order valence-electron chi connectivity index (χ0n) is 8.41. The summed E-state index contributed by atoms with van der Waals surface area (Å²) in [5.74, 6) is -0.171. The van der Waals surface area contributed by atoms with Gasteiger partial charge in [-0.15, -0.1) is 0 Å². The first-order chi connectivity index (χ1) is 6.70. The van der Waals surface area contributed by atoms with E-state index in [0.29, 0.717) is 26.1 Å². The third kappa shape index (κ3) is 3.74. The molecule has 14 heavy (non-hydrogen) atoms. The maximum Gasteiger partial charge on any atom is 0.247 e. The minimum Gasteiger partial charge on any atom is -0.356 e. The molecular formula is C9H16N2O3. The maximum atomic E-state index is 11.4. The minimum atomic E-state index is -0.114. The summed E-state index contributed by atoms with van der Waals surface area (Å²) in [4.78, 5) is 27.1. The number of nitrogens with zero attached hydrogens (tertiary/aromatic N) is 1. The Morgan fingerprint density at radius 1 is 1.43 bits per heavy atom. The molecule has 1 aliphatic rings. The molecule has 5 heteroatoms. The summed E-state index contributed by atoms with van der Waals surface area (Å²) in [6.45, 7) is 3.10. The van der Waals surface area contributed by atoms with Crippen molar-refractivity contribution in [2.75, 3.05) is 19.7 Å². The minimum absolute atomic E-state index is 0.0570. The molecule has 1 aliphatic heterocycles. The van der Waals surface area contributed by atoms with E-state index < -0.39 is 0 Å². The summed E-state index contributed by atoms with van der Waals surface area (Å²) in [6, 6.07) is 0. The highest BCUT2D eigenvalue weighted by Gasteiger charge is 2.16. The Labute approximate surface area is 83.4 Å². The highest BCUT2D eigenvalue weighted by Crippen LogP contribution is 2.06. The number of hydrogen-bond acceptors (Lipinski definition) is 3. The van der Waals surface area contributed by atoms with Crippen LogP contribution < -0.4 is 5.32 Å². The van der Waals surface area contributed by atoms with Gasteiger partial charge in [0, 0.05) is 26.4 Å². The van der Waals surface area contributed by atoms with Crippen LogP contribution in [0.15, 0.2) is 0 Å². The first kappa shape index (κ1) is 11.0. The highest BCUT2D eigenvalue weighted by atomic mass is 16.7. The second kappa shape index (κ2) is 5.59. The second-order valence-corrected chi connectivity index (χ2v) is 3.27. The molecule has 1 saturated heterocycles. The Balaban J connectivity index is 2.16. The zero-order chi connectivity index (χ0) is 10.4. The first-order valence-corrected chi connectivity index (χ1v) is 4.88. The zero-order valence-corrected chi connectivity index (χ0v) is 8.41. The highest BCUT2D eigenvalue weighted by molar-refractivity contribution is 5.77. The van der Waals surface area contributed by atoms with Crippen molar-refractivity contribution in [2.24, 2.45) is 0 Å². The summed E-state index contributed by atoms with van der Waals surface area (Å²) in [5, 5.41) is 3.97. The lowest BCUT2D eigenvalue weighted by atomic mass is 10.3. The van der Waals surface area contributed by atoms with Crippen molar-refractivity contribution in [3.8, 4) is 0 Å². The monoisotopic (exact) mass is 200 g/mol. The number of carbonyl (C=O) groups is 2. The van der Waals surface area contributed by atoms with Crippen LogP contribution in [0.5, 0.6) is 0 Å². The fourth-order valence-corrected chi connectivity index (χ4v) is 1.26. The van der Waals surface area contributed by atoms with E-state index in [-0.39, 0.29) is 11.8 Å². The van der Waals surface area contributed by atoms with Crippen molar-refractivity contribution < 1.29 is 14.4 Å². The lowest BCUT2D eigenvalue weighted by molar-refractivity contribution is -0.196. The molecule has 0 saturated carbocycles. The Morgan fingerprint density at radius 2 is 2.21 bits per heavy atom. The SMILES string of the molecule is CC(=O)NCCC(=O)N1CCCCO1. The molecule has 0 unspecified atom stereocenters. The van der Waals surface area contributed by atoms with Crippen molar-refractivity contribution in [3.05, 3.63) is 0 Å². The number of carbonyl (C=O) groups excluding carboxylic acids is 2. The van der Waals surface area contributed by atoms with Gasteiger partial charge in [-0.2, -0.15) is 0 Å². The molecule has 0 aromatic rings. The smallest absolute Gasteiger partial charge is 0.247 e. The number of nitrogens with one attached hydrogen (secondary N) is 1. The third-order valence-corrected chi connectivity index (χ3v) is 1.99. The van der Waals surface area contributed by atoms with E-state index in [9.17, 15) is 9.59 Å². The summed E-state index contributed by atoms with van der Waals surface area (Å²) in [7, 11) is 0. The molecule has 2 amide bonds. The summed E-state index contributed by atoms with van der Waals surface area (Å²) >= 11 is 0. The van der Waals surface area contributed by atoms with Gasteiger partial charge >= 0.3 is 0 Å². The molecule has 1 fully saturated rings. The number of hydroxylamine groups is 2. The number of amides is 2. The average Bonchev–Trinajstić information content (AvgIpc) is 2.18. The molecule has 1 N–H and O–H groups in total. The largest absolute Gasteiger partial charge is 0.356 e. The van der Waals surface area contributed by atoms with Crippen molar-refractivity contribution in [3.63, 3.8) is 0 Å². The predicted octanol–water partition coefficient (Wildman–Crippen LogP) is 0.0666. The Bertz CT molecular complexity index is 212. The van der Waals surface area contributed by atoms with Crippen LogP contribution in [0, 0.1) is 0 Å². The molecule has 1 rings (SSSR count). The van der Waals surface area contributed by atoms with Crippen molar-refractivity contribution in [1.29, 1.82) is 0 Å². The van der Waals surface area contributed by atoms with Crippen LogP contribution in [0.4, 0.5) is 0 Å². The topological polar surface area (TPSA) is 58.6 Å². The van der Waals surface area contributed by atoms with Crippen molar-refractivity contribution in [1.82, 2.24) is 10.4 Å². The number of hydrogen-bond donors (Lipinski definition) is 1. The molecule has 0 aromatic carbocycles.